The lowest BCUT2D eigenvalue weighted by Crippen LogP contribution is -2.65. The third-order valence-corrected chi connectivity index (χ3v) is 7.09. The van der Waals surface area contributed by atoms with Crippen LogP contribution in [0.15, 0.2) is 55.0 Å². The van der Waals surface area contributed by atoms with Crippen molar-refractivity contribution >= 4 is 34.5 Å². The minimum Gasteiger partial charge on any atom is -0.465 e. The number of amides is 2. The highest BCUT2D eigenvalue weighted by Crippen LogP contribution is 2.29. The van der Waals surface area contributed by atoms with Gasteiger partial charge in [-0.2, -0.15) is 10.2 Å². The molecular formula is C25H25FN8O3. The van der Waals surface area contributed by atoms with E-state index in [1.54, 1.807) is 57.1 Å². The Balaban J connectivity index is 1.13. The normalized spacial score (nSPS) is 18.9. The second-order valence-electron chi connectivity index (χ2n) is 9.41. The molecule has 3 aliphatic rings. The number of nitrogens with one attached hydrogen (secondary N) is 1. The zero-order valence-corrected chi connectivity index (χ0v) is 19.9. The number of rotatable bonds is 6. The van der Waals surface area contributed by atoms with Crippen LogP contribution in [-0.2, 0) is 17.9 Å². The topological polar surface area (TPSA) is 121 Å². The van der Waals surface area contributed by atoms with Crippen LogP contribution in [0.3, 0.4) is 0 Å². The van der Waals surface area contributed by atoms with E-state index in [1.807, 2.05) is 6.07 Å². The molecule has 2 amide bonds. The Hall–Kier alpha value is -4.48. The van der Waals surface area contributed by atoms with E-state index in [9.17, 15) is 19.1 Å². The van der Waals surface area contributed by atoms with E-state index in [0.29, 0.717) is 36.8 Å². The maximum atomic E-state index is 14.1. The Morgan fingerprint density at radius 1 is 1.05 bits per heavy atom. The molecule has 2 unspecified atom stereocenters. The molecule has 0 spiro atoms. The highest BCUT2D eigenvalue weighted by atomic mass is 19.1. The number of hydrogen-bond donors (Lipinski definition) is 2. The van der Waals surface area contributed by atoms with E-state index in [1.165, 1.54) is 11.0 Å². The van der Waals surface area contributed by atoms with Gasteiger partial charge in [0.05, 0.1) is 24.3 Å². The first kappa shape index (κ1) is 23.0. The molecule has 3 aliphatic heterocycles. The van der Waals surface area contributed by atoms with Crippen LogP contribution in [0.4, 0.5) is 20.8 Å². The van der Waals surface area contributed by atoms with Crippen molar-refractivity contribution in [2.75, 3.05) is 18.4 Å². The first-order valence-electron chi connectivity index (χ1n) is 12.1. The molecule has 37 heavy (non-hydrogen) atoms. The number of hydrogen-bond acceptors (Lipinski definition) is 6. The lowest BCUT2D eigenvalue weighted by atomic mass is 9.91. The van der Waals surface area contributed by atoms with Crippen LogP contribution in [0, 0.1) is 5.82 Å². The van der Waals surface area contributed by atoms with Crippen LogP contribution in [0.1, 0.15) is 18.4 Å². The largest absolute Gasteiger partial charge is 0.465 e. The summed E-state index contributed by atoms with van der Waals surface area (Å²) in [6.45, 7) is 1.14. The number of benzene rings is 1. The molecule has 0 saturated carbocycles. The van der Waals surface area contributed by atoms with Crippen LogP contribution in [-0.4, -0.2) is 76.6 Å². The van der Waals surface area contributed by atoms with E-state index >= 15 is 0 Å². The lowest BCUT2D eigenvalue weighted by molar-refractivity contribution is -0.141. The summed E-state index contributed by atoms with van der Waals surface area (Å²) in [5.74, 6) is 0.708. The van der Waals surface area contributed by atoms with Gasteiger partial charge in [0, 0.05) is 54.6 Å². The Kier molecular flexibility index (Phi) is 5.70. The summed E-state index contributed by atoms with van der Waals surface area (Å²) in [6.07, 6.45) is 5.77. The Morgan fingerprint density at radius 3 is 2.59 bits per heavy atom. The molecule has 1 aromatic carbocycles. The Morgan fingerprint density at radius 2 is 1.84 bits per heavy atom. The van der Waals surface area contributed by atoms with E-state index in [2.05, 4.69) is 20.5 Å². The second-order valence-corrected chi connectivity index (χ2v) is 9.41. The maximum absolute atomic E-state index is 14.1. The third kappa shape index (κ3) is 4.46. The second kappa shape index (κ2) is 9.19. The number of carbonyl (C=O) groups is 2. The highest BCUT2D eigenvalue weighted by molar-refractivity contribution is 5.81. The van der Waals surface area contributed by atoms with Gasteiger partial charge in [0.2, 0.25) is 5.91 Å². The molecule has 3 aromatic heterocycles. The molecule has 190 valence electrons. The molecule has 12 heteroatoms. The summed E-state index contributed by atoms with van der Waals surface area (Å²) in [5, 5.41) is 22.2. The number of piperazine rings is 1. The van der Waals surface area contributed by atoms with E-state index in [-0.39, 0.29) is 30.4 Å². The van der Waals surface area contributed by atoms with Crippen molar-refractivity contribution in [2.24, 2.45) is 0 Å². The summed E-state index contributed by atoms with van der Waals surface area (Å²) in [4.78, 5) is 32.0. The van der Waals surface area contributed by atoms with Gasteiger partial charge in [-0.15, -0.1) is 0 Å². The van der Waals surface area contributed by atoms with Crippen LogP contribution < -0.4 is 5.32 Å². The number of carboxylic acid groups (broad SMARTS) is 1. The zero-order chi connectivity index (χ0) is 25.5. The van der Waals surface area contributed by atoms with Gasteiger partial charge in [-0.3, -0.25) is 14.2 Å². The number of carbonyl (C=O) groups excluding carboxylic acids is 1. The summed E-state index contributed by atoms with van der Waals surface area (Å²) in [7, 11) is 0. The van der Waals surface area contributed by atoms with Crippen LogP contribution in [0.5, 0.6) is 0 Å². The summed E-state index contributed by atoms with van der Waals surface area (Å²) in [5.41, 5.74) is 1.34. The van der Waals surface area contributed by atoms with Gasteiger partial charge >= 0.3 is 6.09 Å². The number of piperidine rings is 2. The molecule has 2 atom stereocenters. The zero-order valence-electron chi connectivity index (χ0n) is 19.9. The van der Waals surface area contributed by atoms with Gasteiger partial charge in [0.1, 0.15) is 18.2 Å². The van der Waals surface area contributed by atoms with Crippen molar-refractivity contribution in [1.82, 2.24) is 34.3 Å². The number of nitrogens with zero attached hydrogens (tertiary/aromatic N) is 7. The fraction of sp³-hybridized carbons (Fsp3) is 0.320. The minimum atomic E-state index is -0.924. The van der Waals surface area contributed by atoms with Crippen LogP contribution in [0.25, 0.3) is 10.9 Å². The van der Waals surface area contributed by atoms with Crippen molar-refractivity contribution in [3.05, 3.63) is 66.4 Å². The standard InChI is InChI=1S/C25H25FN8O3/c26-20-4-2-1-3-16(20)12-34-21-9-23(27-10-17(21)11-28-34)29-22-7-8-31(30-22)15-24(35)32-13-19-6-5-18(32)14-33(19)25(36)37/h1-4,7-11,18-19H,5-6,12-15H2,(H,36,37)(H,27,29,30). The van der Waals surface area contributed by atoms with E-state index in [4.69, 9.17) is 0 Å². The van der Waals surface area contributed by atoms with Crippen molar-refractivity contribution in [2.45, 2.75) is 38.0 Å². The fourth-order valence-corrected chi connectivity index (χ4v) is 5.20. The molecule has 3 fully saturated rings. The molecule has 11 nitrogen and oxygen atoms in total. The van der Waals surface area contributed by atoms with Gasteiger partial charge < -0.3 is 20.2 Å². The molecule has 2 bridgehead atoms. The molecule has 6 heterocycles. The summed E-state index contributed by atoms with van der Waals surface area (Å²) < 4.78 is 17.4. The lowest BCUT2D eigenvalue weighted by Gasteiger charge is -2.50. The first-order valence-corrected chi connectivity index (χ1v) is 12.1. The van der Waals surface area contributed by atoms with Crippen molar-refractivity contribution < 1.29 is 19.1 Å². The molecule has 7 rings (SSSR count). The summed E-state index contributed by atoms with van der Waals surface area (Å²) >= 11 is 0. The SMILES string of the molecule is O=C(O)N1CC2CCC1CN2C(=O)Cn1ccc(Nc2cc3c(cn2)cnn3Cc2ccccc2F)n1. The molecule has 2 N–H and O–H groups in total. The van der Waals surface area contributed by atoms with Crippen LogP contribution >= 0.6 is 0 Å². The third-order valence-electron chi connectivity index (χ3n) is 7.09. The number of aromatic nitrogens is 5. The van der Waals surface area contributed by atoms with Crippen molar-refractivity contribution in [1.29, 1.82) is 0 Å². The van der Waals surface area contributed by atoms with E-state index < -0.39 is 6.09 Å². The molecule has 3 saturated heterocycles. The molecular weight excluding hydrogens is 479 g/mol. The fourth-order valence-electron chi connectivity index (χ4n) is 5.20. The maximum Gasteiger partial charge on any atom is 0.407 e. The minimum absolute atomic E-state index is 0.0693. The predicted octanol–water partition coefficient (Wildman–Crippen LogP) is 2.91. The van der Waals surface area contributed by atoms with Gasteiger partial charge in [0.15, 0.2) is 5.82 Å². The Labute approximate surface area is 211 Å². The predicted molar refractivity (Wildman–Crippen MR) is 132 cm³/mol. The van der Waals surface area contributed by atoms with Gasteiger partial charge in [0.25, 0.3) is 0 Å². The van der Waals surface area contributed by atoms with Crippen LogP contribution in [0.2, 0.25) is 0 Å². The average molecular weight is 505 g/mol. The number of halogens is 1. The van der Waals surface area contributed by atoms with Crippen molar-refractivity contribution in [3.8, 4) is 0 Å². The van der Waals surface area contributed by atoms with Gasteiger partial charge in [-0.25, -0.2) is 14.2 Å². The Bertz CT molecular complexity index is 1480. The summed E-state index contributed by atoms with van der Waals surface area (Å²) in [6, 6.07) is 9.95. The number of pyridine rings is 1. The van der Waals surface area contributed by atoms with E-state index in [0.717, 1.165) is 23.7 Å². The molecule has 0 radical (unpaired) electrons. The quantitative estimate of drug-likeness (QED) is 0.414. The first-order chi connectivity index (χ1) is 17.9. The smallest absolute Gasteiger partial charge is 0.407 e. The monoisotopic (exact) mass is 504 g/mol. The number of fused-ring (bicyclic) bond motifs is 4. The van der Waals surface area contributed by atoms with Gasteiger partial charge in [-0.05, 0) is 18.9 Å². The number of anilines is 2. The average Bonchev–Trinajstić information content (AvgIpc) is 3.52. The highest BCUT2D eigenvalue weighted by Gasteiger charge is 2.42. The molecule has 0 aliphatic carbocycles. The van der Waals surface area contributed by atoms with Gasteiger partial charge in [-0.1, -0.05) is 18.2 Å². The molecule has 4 aromatic rings. The van der Waals surface area contributed by atoms with Crippen molar-refractivity contribution in [3.63, 3.8) is 0 Å².